The van der Waals surface area contributed by atoms with E-state index in [9.17, 15) is 9.59 Å². The molecule has 2 atom stereocenters. The highest BCUT2D eigenvalue weighted by Gasteiger charge is 2.36. The van der Waals surface area contributed by atoms with E-state index >= 15 is 0 Å². The standard InChI is InChI=1S/C28H43N5O4/c1-7-19(20-11-12-23(27(35)36-6)21(15-20)16-29)10-8-18-9-13-24(22(14-18)17-30)37-26(31-3)25(34)28(2,32-4)33-5/h9,11-15,19,26,31-33H,7-8,10,16-17,29-30H2,1-6H3. The fourth-order valence-corrected chi connectivity index (χ4v) is 4.36. The monoisotopic (exact) mass is 513 g/mol. The molecule has 0 spiro atoms. The molecule has 0 bridgehead atoms. The molecule has 0 radical (unpaired) electrons. The Kier molecular flexibility index (Phi) is 11.7. The maximum atomic E-state index is 13.0. The summed E-state index contributed by atoms with van der Waals surface area (Å²) in [7, 11) is 6.49. The number of hydrogen-bond acceptors (Lipinski definition) is 9. The van der Waals surface area contributed by atoms with Crippen LogP contribution in [-0.4, -0.2) is 51.9 Å². The smallest absolute Gasteiger partial charge is 0.338 e. The minimum atomic E-state index is -0.940. The van der Waals surface area contributed by atoms with Crippen molar-refractivity contribution in [3.05, 3.63) is 64.2 Å². The Hall–Kier alpha value is -2.82. The molecule has 204 valence electrons. The van der Waals surface area contributed by atoms with Gasteiger partial charge in [0.25, 0.3) is 0 Å². The first-order chi connectivity index (χ1) is 17.7. The van der Waals surface area contributed by atoms with Crippen molar-refractivity contribution in [2.24, 2.45) is 11.5 Å². The fraction of sp³-hybridized carbons (Fsp3) is 0.500. The third-order valence-corrected chi connectivity index (χ3v) is 7.08. The normalized spacial score (nSPS) is 13.2. The van der Waals surface area contributed by atoms with Gasteiger partial charge in [-0.3, -0.25) is 20.7 Å². The first-order valence-electron chi connectivity index (χ1n) is 12.7. The summed E-state index contributed by atoms with van der Waals surface area (Å²) in [6.07, 6.45) is 1.86. The van der Waals surface area contributed by atoms with Gasteiger partial charge in [-0.1, -0.05) is 31.2 Å². The van der Waals surface area contributed by atoms with Crippen LogP contribution in [0.15, 0.2) is 36.4 Å². The van der Waals surface area contributed by atoms with Crippen LogP contribution in [0.1, 0.15) is 65.2 Å². The van der Waals surface area contributed by atoms with E-state index in [2.05, 4.69) is 22.9 Å². The van der Waals surface area contributed by atoms with Gasteiger partial charge in [0.1, 0.15) is 11.4 Å². The van der Waals surface area contributed by atoms with E-state index in [1.54, 1.807) is 34.1 Å². The van der Waals surface area contributed by atoms with Gasteiger partial charge in [-0.15, -0.1) is 0 Å². The number of nitrogens with one attached hydrogen (secondary N) is 3. The van der Waals surface area contributed by atoms with E-state index in [-0.39, 0.29) is 24.8 Å². The highest BCUT2D eigenvalue weighted by Crippen LogP contribution is 2.29. The number of rotatable bonds is 15. The molecule has 2 rings (SSSR count). The Morgan fingerprint density at radius 3 is 2.22 bits per heavy atom. The summed E-state index contributed by atoms with van der Waals surface area (Å²) in [5.41, 5.74) is 15.4. The van der Waals surface area contributed by atoms with Gasteiger partial charge in [-0.25, -0.2) is 4.79 Å². The second-order valence-corrected chi connectivity index (χ2v) is 9.18. The lowest BCUT2D eigenvalue weighted by molar-refractivity contribution is -0.134. The van der Waals surface area contributed by atoms with Gasteiger partial charge in [0, 0.05) is 18.7 Å². The van der Waals surface area contributed by atoms with E-state index in [1.165, 1.54) is 7.11 Å². The molecule has 9 heteroatoms. The number of benzene rings is 2. The number of methoxy groups -OCH3 is 1. The van der Waals surface area contributed by atoms with Crippen LogP contribution in [0.4, 0.5) is 0 Å². The van der Waals surface area contributed by atoms with Crippen molar-refractivity contribution in [1.82, 2.24) is 16.0 Å². The maximum Gasteiger partial charge on any atom is 0.338 e. The second-order valence-electron chi connectivity index (χ2n) is 9.18. The number of carbonyl (C=O) groups is 2. The molecule has 0 aliphatic heterocycles. The van der Waals surface area contributed by atoms with Crippen LogP contribution in [0.5, 0.6) is 5.75 Å². The number of esters is 1. The Balaban J connectivity index is 2.18. The molecular weight excluding hydrogens is 470 g/mol. The van der Waals surface area contributed by atoms with Crippen LogP contribution in [-0.2, 0) is 29.0 Å². The first kappa shape index (κ1) is 30.4. The van der Waals surface area contributed by atoms with Crippen molar-refractivity contribution in [2.45, 2.75) is 64.0 Å². The zero-order chi connectivity index (χ0) is 27.6. The third-order valence-electron chi connectivity index (χ3n) is 7.08. The average Bonchev–Trinajstić information content (AvgIpc) is 2.94. The SMILES string of the molecule is CCC(CCc1ccc(OC(NC)C(=O)C(C)(NC)NC)c(CN)c1)c1ccc(C(=O)OC)c(CN)c1. The van der Waals surface area contributed by atoms with Crippen molar-refractivity contribution in [2.75, 3.05) is 28.3 Å². The lowest BCUT2D eigenvalue weighted by atomic mass is 9.88. The van der Waals surface area contributed by atoms with Crippen molar-refractivity contribution in [3.63, 3.8) is 0 Å². The number of ketones is 1. The zero-order valence-corrected chi connectivity index (χ0v) is 22.9. The highest BCUT2D eigenvalue weighted by atomic mass is 16.5. The highest BCUT2D eigenvalue weighted by molar-refractivity contribution is 5.91. The van der Waals surface area contributed by atoms with Crippen LogP contribution in [0, 0.1) is 0 Å². The summed E-state index contributed by atoms with van der Waals surface area (Å²) >= 11 is 0. The molecule has 7 N–H and O–H groups in total. The molecule has 0 aliphatic rings. The van der Waals surface area contributed by atoms with E-state index in [1.807, 2.05) is 30.3 Å². The minimum Gasteiger partial charge on any atom is -0.468 e. The van der Waals surface area contributed by atoms with Crippen molar-refractivity contribution in [3.8, 4) is 5.75 Å². The molecule has 2 aromatic rings. The van der Waals surface area contributed by atoms with Gasteiger partial charge >= 0.3 is 5.97 Å². The molecule has 9 nitrogen and oxygen atoms in total. The van der Waals surface area contributed by atoms with Crippen molar-refractivity contribution in [1.29, 1.82) is 0 Å². The molecule has 0 aromatic heterocycles. The summed E-state index contributed by atoms with van der Waals surface area (Å²) in [4.78, 5) is 25.0. The topological polar surface area (TPSA) is 141 Å². The number of carbonyl (C=O) groups excluding carboxylic acids is 2. The van der Waals surface area contributed by atoms with Crippen molar-refractivity contribution >= 4 is 11.8 Å². The van der Waals surface area contributed by atoms with E-state index in [0.717, 1.165) is 41.5 Å². The molecule has 0 fully saturated rings. The molecule has 0 saturated heterocycles. The quantitative estimate of drug-likeness (QED) is 0.179. The number of ether oxygens (including phenoxy) is 2. The van der Waals surface area contributed by atoms with Crippen LogP contribution in [0.2, 0.25) is 0 Å². The van der Waals surface area contributed by atoms with E-state index < -0.39 is 11.9 Å². The molecule has 0 saturated carbocycles. The molecule has 37 heavy (non-hydrogen) atoms. The maximum absolute atomic E-state index is 13.0. The second kappa shape index (κ2) is 14.2. The molecule has 0 aliphatic carbocycles. The Labute approximate surface area is 220 Å². The summed E-state index contributed by atoms with van der Waals surface area (Å²) in [5, 5.41) is 8.94. The van der Waals surface area contributed by atoms with E-state index in [4.69, 9.17) is 20.9 Å². The minimum absolute atomic E-state index is 0.173. The molecular formula is C28H43N5O4. The molecule has 0 amide bonds. The number of Topliss-reactive ketones (excluding diaryl/α,β-unsaturated/α-hetero) is 1. The Morgan fingerprint density at radius 1 is 1.00 bits per heavy atom. The summed E-state index contributed by atoms with van der Waals surface area (Å²) < 4.78 is 10.9. The van der Waals surface area contributed by atoms with Crippen molar-refractivity contribution < 1.29 is 19.1 Å². The lowest BCUT2D eigenvalue weighted by Gasteiger charge is -2.31. The Bertz CT molecular complexity index is 1050. The van der Waals surface area contributed by atoms with E-state index in [0.29, 0.717) is 17.2 Å². The van der Waals surface area contributed by atoms with Crippen LogP contribution in [0.3, 0.4) is 0 Å². The van der Waals surface area contributed by atoms with Crippen LogP contribution < -0.4 is 32.2 Å². The number of nitrogens with two attached hydrogens (primary N) is 2. The molecule has 2 unspecified atom stereocenters. The average molecular weight is 514 g/mol. The molecule has 2 aromatic carbocycles. The largest absolute Gasteiger partial charge is 0.468 e. The predicted molar refractivity (Wildman–Crippen MR) is 146 cm³/mol. The lowest BCUT2D eigenvalue weighted by Crippen LogP contribution is -2.63. The predicted octanol–water partition coefficient (Wildman–Crippen LogP) is 2.17. The van der Waals surface area contributed by atoms with Crippen LogP contribution >= 0.6 is 0 Å². The van der Waals surface area contributed by atoms with Gasteiger partial charge in [-0.2, -0.15) is 0 Å². The van der Waals surface area contributed by atoms with Gasteiger partial charge in [-0.05, 0) is 82.1 Å². The number of hydrogen-bond donors (Lipinski definition) is 5. The van der Waals surface area contributed by atoms with Gasteiger partial charge in [0.2, 0.25) is 12.0 Å². The third kappa shape index (κ3) is 7.37. The summed E-state index contributed by atoms with van der Waals surface area (Å²) in [6, 6.07) is 11.7. The van der Waals surface area contributed by atoms with Gasteiger partial charge in [0.15, 0.2) is 0 Å². The zero-order valence-electron chi connectivity index (χ0n) is 22.9. The van der Waals surface area contributed by atoms with Gasteiger partial charge in [0.05, 0.1) is 12.7 Å². The summed E-state index contributed by atoms with van der Waals surface area (Å²) in [6.45, 7) is 4.48. The Morgan fingerprint density at radius 2 is 1.68 bits per heavy atom. The fourth-order valence-electron chi connectivity index (χ4n) is 4.36. The first-order valence-corrected chi connectivity index (χ1v) is 12.7. The summed E-state index contributed by atoms with van der Waals surface area (Å²) in [5.74, 6) is 0.334. The van der Waals surface area contributed by atoms with Gasteiger partial charge < -0.3 is 20.9 Å². The number of likely N-dealkylation sites (N-methyl/N-ethyl adjacent to an activating group) is 3. The van der Waals surface area contributed by atoms with Crippen LogP contribution in [0.25, 0.3) is 0 Å². The molecule has 0 heterocycles. The number of aryl methyl sites for hydroxylation is 1.